The summed E-state index contributed by atoms with van der Waals surface area (Å²) in [7, 11) is -2.50. The molecule has 0 fully saturated rings. The molecular weight excluding hydrogens is 325 g/mol. The first-order valence-corrected chi connectivity index (χ1v) is 7.89. The van der Waals surface area contributed by atoms with Crippen LogP contribution in [0.5, 0.6) is 0 Å². The van der Waals surface area contributed by atoms with Gasteiger partial charge in [-0.2, -0.15) is 4.31 Å². The van der Waals surface area contributed by atoms with Crippen LogP contribution in [0.1, 0.15) is 6.92 Å². The van der Waals surface area contributed by atoms with Crippen molar-refractivity contribution in [3.05, 3.63) is 22.2 Å². The summed E-state index contributed by atoms with van der Waals surface area (Å²) in [6.07, 6.45) is 0. The Hall–Kier alpha value is -1.02. The molecular formula is C11H15Cl2N3O3S. The van der Waals surface area contributed by atoms with E-state index in [0.717, 1.165) is 4.31 Å². The first kappa shape index (κ1) is 17.0. The molecule has 0 heterocycles. The zero-order chi connectivity index (χ0) is 15.5. The molecule has 0 saturated heterocycles. The average Bonchev–Trinajstić information content (AvgIpc) is 2.41. The van der Waals surface area contributed by atoms with Crippen LogP contribution in [0.3, 0.4) is 0 Å². The molecule has 0 bridgehead atoms. The normalized spacial score (nSPS) is 11.7. The first-order valence-electron chi connectivity index (χ1n) is 5.69. The first-order chi connectivity index (χ1) is 9.25. The van der Waals surface area contributed by atoms with Gasteiger partial charge in [-0.05, 0) is 12.1 Å². The molecule has 0 spiro atoms. The second-order valence-corrected chi connectivity index (χ2v) is 6.57. The van der Waals surface area contributed by atoms with Crippen LogP contribution >= 0.6 is 23.2 Å². The molecule has 20 heavy (non-hydrogen) atoms. The lowest BCUT2D eigenvalue weighted by atomic mass is 10.3. The third-order valence-corrected chi connectivity index (χ3v) is 5.47. The number of benzene rings is 1. The molecule has 1 aromatic rings. The van der Waals surface area contributed by atoms with Crippen LogP contribution in [-0.4, -0.2) is 38.8 Å². The number of nitrogens with two attached hydrogens (primary N) is 1. The lowest BCUT2D eigenvalue weighted by Crippen LogP contribution is -2.39. The van der Waals surface area contributed by atoms with E-state index in [4.69, 9.17) is 28.9 Å². The number of nitrogens with zero attached hydrogens (tertiary/aromatic N) is 1. The van der Waals surface area contributed by atoms with E-state index in [-0.39, 0.29) is 33.7 Å². The summed E-state index contributed by atoms with van der Waals surface area (Å²) in [5.41, 5.74) is 5.61. The van der Waals surface area contributed by atoms with E-state index < -0.39 is 15.9 Å². The number of carbonyl (C=O) groups is 1. The summed E-state index contributed by atoms with van der Waals surface area (Å²) < 4.78 is 25.9. The van der Waals surface area contributed by atoms with Crippen molar-refractivity contribution in [2.75, 3.05) is 25.9 Å². The molecule has 0 aliphatic rings. The van der Waals surface area contributed by atoms with Crippen LogP contribution in [0.2, 0.25) is 10.0 Å². The molecule has 1 rings (SSSR count). The van der Waals surface area contributed by atoms with Crippen LogP contribution in [0, 0.1) is 0 Å². The minimum Gasteiger partial charge on any atom is -0.396 e. The largest absolute Gasteiger partial charge is 0.396 e. The van der Waals surface area contributed by atoms with Crippen molar-refractivity contribution in [3.63, 3.8) is 0 Å². The van der Waals surface area contributed by atoms with Gasteiger partial charge in [0.05, 0.1) is 22.3 Å². The second-order valence-electron chi connectivity index (χ2n) is 3.88. The Labute approximate surface area is 127 Å². The Morgan fingerprint density at radius 1 is 1.40 bits per heavy atom. The van der Waals surface area contributed by atoms with Gasteiger partial charge in [-0.25, -0.2) is 8.42 Å². The van der Waals surface area contributed by atoms with Crippen LogP contribution in [0.15, 0.2) is 17.0 Å². The second kappa shape index (κ2) is 6.62. The van der Waals surface area contributed by atoms with Crippen molar-refractivity contribution >= 4 is 44.8 Å². The SMILES string of the molecule is CCN(CC(=O)NC)S(=O)(=O)c1ccc(Cl)c(N)c1Cl. The van der Waals surface area contributed by atoms with Crippen LogP contribution in [-0.2, 0) is 14.8 Å². The van der Waals surface area contributed by atoms with Crippen molar-refractivity contribution in [2.24, 2.45) is 0 Å². The molecule has 0 saturated carbocycles. The molecule has 1 aromatic carbocycles. The number of amides is 1. The molecule has 0 aromatic heterocycles. The van der Waals surface area contributed by atoms with E-state index in [9.17, 15) is 13.2 Å². The van der Waals surface area contributed by atoms with Crippen molar-refractivity contribution in [2.45, 2.75) is 11.8 Å². The highest BCUT2D eigenvalue weighted by atomic mass is 35.5. The van der Waals surface area contributed by atoms with E-state index >= 15 is 0 Å². The van der Waals surface area contributed by atoms with Crippen molar-refractivity contribution in [3.8, 4) is 0 Å². The van der Waals surface area contributed by atoms with E-state index in [1.54, 1.807) is 6.92 Å². The number of nitrogen functional groups attached to an aromatic ring is 1. The maximum atomic E-state index is 12.5. The third-order valence-electron chi connectivity index (χ3n) is 2.66. The molecule has 0 atom stereocenters. The van der Waals surface area contributed by atoms with Gasteiger partial charge in [0, 0.05) is 13.6 Å². The predicted molar refractivity (Wildman–Crippen MR) is 79.4 cm³/mol. The number of carbonyl (C=O) groups excluding carboxylic acids is 1. The summed E-state index contributed by atoms with van der Waals surface area (Å²) in [5, 5.41) is 2.39. The molecule has 0 unspecified atom stereocenters. The van der Waals surface area contributed by atoms with Gasteiger partial charge in [0.15, 0.2) is 0 Å². The maximum absolute atomic E-state index is 12.5. The van der Waals surface area contributed by atoms with Crippen molar-refractivity contribution < 1.29 is 13.2 Å². The van der Waals surface area contributed by atoms with Gasteiger partial charge in [0.2, 0.25) is 15.9 Å². The van der Waals surface area contributed by atoms with Crippen LogP contribution in [0.25, 0.3) is 0 Å². The van der Waals surface area contributed by atoms with Gasteiger partial charge < -0.3 is 11.1 Å². The maximum Gasteiger partial charge on any atom is 0.245 e. The predicted octanol–water partition coefficient (Wildman–Crippen LogP) is 1.33. The summed E-state index contributed by atoms with van der Waals surface area (Å²) >= 11 is 11.7. The smallest absolute Gasteiger partial charge is 0.245 e. The van der Waals surface area contributed by atoms with Gasteiger partial charge in [0.25, 0.3) is 0 Å². The topological polar surface area (TPSA) is 92.5 Å². The zero-order valence-electron chi connectivity index (χ0n) is 11.0. The Morgan fingerprint density at radius 3 is 2.50 bits per heavy atom. The molecule has 9 heteroatoms. The van der Waals surface area contributed by atoms with E-state index in [1.807, 2.05) is 0 Å². The minimum absolute atomic E-state index is 0.00888. The number of anilines is 1. The van der Waals surface area contributed by atoms with Gasteiger partial charge in [-0.1, -0.05) is 30.1 Å². The van der Waals surface area contributed by atoms with Crippen LogP contribution in [0.4, 0.5) is 5.69 Å². The molecule has 0 aliphatic carbocycles. The molecule has 0 radical (unpaired) electrons. The number of nitrogens with one attached hydrogen (secondary N) is 1. The summed E-state index contributed by atoms with van der Waals surface area (Å²) in [5.74, 6) is -0.423. The Morgan fingerprint density at radius 2 is 2.00 bits per heavy atom. The summed E-state index contributed by atoms with van der Waals surface area (Å²) in [6.45, 7) is 1.44. The monoisotopic (exact) mass is 339 g/mol. The fraction of sp³-hybridized carbons (Fsp3) is 0.364. The lowest BCUT2D eigenvalue weighted by molar-refractivity contribution is -0.120. The number of halogens is 2. The highest BCUT2D eigenvalue weighted by Gasteiger charge is 2.28. The fourth-order valence-electron chi connectivity index (χ4n) is 1.49. The fourth-order valence-corrected chi connectivity index (χ4v) is 3.64. The molecule has 0 aliphatic heterocycles. The van der Waals surface area contributed by atoms with Gasteiger partial charge in [-0.15, -0.1) is 0 Å². The molecule has 6 nitrogen and oxygen atoms in total. The minimum atomic E-state index is -3.92. The molecule has 3 N–H and O–H groups in total. The molecule has 1 amide bonds. The van der Waals surface area contributed by atoms with Crippen molar-refractivity contribution in [1.82, 2.24) is 9.62 Å². The van der Waals surface area contributed by atoms with Gasteiger partial charge >= 0.3 is 0 Å². The quantitative estimate of drug-likeness (QED) is 0.791. The number of sulfonamides is 1. The number of hydrogen-bond acceptors (Lipinski definition) is 4. The average molecular weight is 340 g/mol. The van der Waals surface area contributed by atoms with E-state index in [0.29, 0.717) is 0 Å². The number of hydrogen-bond donors (Lipinski definition) is 2. The van der Waals surface area contributed by atoms with Gasteiger partial charge in [0.1, 0.15) is 4.90 Å². The highest BCUT2D eigenvalue weighted by Crippen LogP contribution is 2.34. The highest BCUT2D eigenvalue weighted by molar-refractivity contribution is 7.89. The van der Waals surface area contributed by atoms with Crippen LogP contribution < -0.4 is 11.1 Å². The summed E-state index contributed by atoms with van der Waals surface area (Å²) in [6, 6.07) is 2.62. The standard InChI is InChI=1S/C11H15Cl2N3O3S/c1-3-16(6-9(17)15-2)20(18,19)8-5-4-7(12)11(14)10(8)13/h4-5H,3,6,14H2,1-2H3,(H,15,17). The van der Waals surface area contributed by atoms with Gasteiger partial charge in [-0.3, -0.25) is 4.79 Å². The zero-order valence-corrected chi connectivity index (χ0v) is 13.3. The summed E-state index contributed by atoms with van der Waals surface area (Å²) in [4.78, 5) is 11.2. The Kier molecular flexibility index (Phi) is 5.64. The Bertz CT molecular complexity index is 620. The number of rotatable bonds is 5. The molecule has 112 valence electrons. The third kappa shape index (κ3) is 3.35. The van der Waals surface area contributed by atoms with E-state index in [2.05, 4.69) is 5.32 Å². The van der Waals surface area contributed by atoms with E-state index in [1.165, 1.54) is 19.2 Å². The van der Waals surface area contributed by atoms with Crippen molar-refractivity contribution in [1.29, 1.82) is 0 Å². The Balaban J connectivity index is 3.28. The lowest BCUT2D eigenvalue weighted by Gasteiger charge is -2.20. The number of likely N-dealkylation sites (N-methyl/N-ethyl adjacent to an activating group) is 2.